The zero-order chi connectivity index (χ0) is 27.2. The molecule has 0 radical (unpaired) electrons. The molecule has 1 saturated heterocycles. The number of allylic oxidation sites excluding steroid dienone is 5. The number of aromatic nitrogens is 3. The zero-order valence-electron chi connectivity index (χ0n) is 22.8. The van der Waals surface area contributed by atoms with Gasteiger partial charge in [0.2, 0.25) is 0 Å². The quantitative estimate of drug-likeness (QED) is 0.210. The summed E-state index contributed by atoms with van der Waals surface area (Å²) in [5.74, 6) is 2.37. The van der Waals surface area contributed by atoms with Crippen molar-refractivity contribution in [2.45, 2.75) is 46.2 Å². The molecule has 0 bridgehead atoms. The summed E-state index contributed by atoms with van der Waals surface area (Å²) in [6, 6.07) is 6.79. The number of methoxy groups -OCH3 is 1. The lowest BCUT2D eigenvalue weighted by Gasteiger charge is -2.32. The first-order chi connectivity index (χ1) is 18.4. The van der Waals surface area contributed by atoms with Crippen LogP contribution in [0.5, 0.6) is 0 Å². The number of aryl methyl sites for hydroxylation is 3. The predicted octanol–water partition coefficient (Wildman–Crippen LogP) is 6.36. The topological polar surface area (TPSA) is 65.6 Å². The molecule has 3 aromatic rings. The van der Waals surface area contributed by atoms with E-state index < -0.39 is 0 Å². The first kappa shape index (κ1) is 27.9. The summed E-state index contributed by atoms with van der Waals surface area (Å²) in [6.45, 7) is 18.2. The Balaban J connectivity index is 1.69. The summed E-state index contributed by atoms with van der Waals surface area (Å²) in [6.07, 6.45) is 6.79. The first-order valence-electron chi connectivity index (χ1n) is 13.0. The van der Waals surface area contributed by atoms with E-state index in [1.165, 1.54) is 0 Å². The van der Waals surface area contributed by atoms with Crippen LogP contribution in [0, 0.1) is 13.8 Å². The molecule has 1 aliphatic heterocycles. The highest BCUT2D eigenvalue weighted by atomic mass is 35.5. The third kappa shape index (κ3) is 6.12. The molecule has 38 heavy (non-hydrogen) atoms. The van der Waals surface area contributed by atoms with Gasteiger partial charge >= 0.3 is 0 Å². The van der Waals surface area contributed by atoms with Gasteiger partial charge in [0.25, 0.3) is 0 Å². The Bertz CT molecular complexity index is 1340. The molecule has 7 nitrogen and oxygen atoms in total. The second-order valence-electron chi connectivity index (χ2n) is 9.58. The van der Waals surface area contributed by atoms with Crippen molar-refractivity contribution in [3.05, 3.63) is 83.2 Å². The number of ether oxygens (including phenoxy) is 2. The molecule has 1 atom stereocenters. The van der Waals surface area contributed by atoms with E-state index in [4.69, 9.17) is 30.6 Å². The van der Waals surface area contributed by atoms with Crippen molar-refractivity contribution in [1.82, 2.24) is 19.6 Å². The highest BCUT2D eigenvalue weighted by molar-refractivity contribution is 6.31. The van der Waals surface area contributed by atoms with Gasteiger partial charge in [0.05, 0.1) is 42.1 Å². The van der Waals surface area contributed by atoms with Crippen molar-refractivity contribution < 1.29 is 14.0 Å². The van der Waals surface area contributed by atoms with Crippen molar-refractivity contribution in [3.63, 3.8) is 0 Å². The third-order valence-electron chi connectivity index (χ3n) is 7.12. The van der Waals surface area contributed by atoms with E-state index in [2.05, 4.69) is 52.9 Å². The van der Waals surface area contributed by atoms with Crippen LogP contribution in [0.25, 0.3) is 22.2 Å². The van der Waals surface area contributed by atoms with E-state index in [0.29, 0.717) is 16.8 Å². The fourth-order valence-electron chi connectivity index (χ4n) is 5.02. The van der Waals surface area contributed by atoms with Gasteiger partial charge in [-0.15, -0.1) is 0 Å². The molecule has 1 fully saturated rings. The van der Waals surface area contributed by atoms with Crippen LogP contribution in [0.15, 0.2) is 70.5 Å². The standard InChI is InChI=1S/C30H37ClN4O3/c1-7-23(17-25(31)28(8-2)36-6)9-12-29-32-26-18-24(30-21(4)33-38-22(30)5)10-11-27(26)35(29)19-20(3)34-13-15-37-16-14-34/h7-8,10-11,17-18,20H,1-2,9,12-16,19H2,3-6H3/b23-17+,28-25-/t20-/m0/s1. The van der Waals surface area contributed by atoms with Crippen molar-refractivity contribution >= 4 is 22.6 Å². The lowest BCUT2D eigenvalue weighted by molar-refractivity contribution is 0.0170. The second-order valence-corrected chi connectivity index (χ2v) is 9.99. The normalized spacial score (nSPS) is 16.4. The molecule has 0 unspecified atom stereocenters. The van der Waals surface area contributed by atoms with Gasteiger partial charge in [0.1, 0.15) is 17.3 Å². The minimum Gasteiger partial charge on any atom is -0.495 e. The Kier molecular flexibility index (Phi) is 9.26. The maximum Gasteiger partial charge on any atom is 0.141 e. The van der Waals surface area contributed by atoms with Crippen LogP contribution in [0.3, 0.4) is 0 Å². The summed E-state index contributed by atoms with van der Waals surface area (Å²) in [4.78, 5) is 7.60. The second kappa shape index (κ2) is 12.6. The number of hydrogen-bond acceptors (Lipinski definition) is 6. The van der Waals surface area contributed by atoms with Crippen LogP contribution in [-0.2, 0) is 22.4 Å². The van der Waals surface area contributed by atoms with E-state index in [0.717, 1.165) is 90.7 Å². The average Bonchev–Trinajstić information content (AvgIpc) is 3.45. The van der Waals surface area contributed by atoms with Gasteiger partial charge in [-0.05, 0) is 62.6 Å². The molecule has 1 aliphatic rings. The highest BCUT2D eigenvalue weighted by Crippen LogP contribution is 2.31. The molecule has 8 heteroatoms. The molecular weight excluding hydrogens is 500 g/mol. The number of rotatable bonds is 11. The summed E-state index contributed by atoms with van der Waals surface area (Å²) in [7, 11) is 1.58. The molecule has 0 N–H and O–H groups in total. The van der Waals surface area contributed by atoms with Crippen molar-refractivity contribution in [1.29, 1.82) is 0 Å². The highest BCUT2D eigenvalue weighted by Gasteiger charge is 2.21. The number of nitrogens with zero attached hydrogens (tertiary/aromatic N) is 4. The SMILES string of the molecule is C=C/C(=C\C(Cl)=C(/C=C)OC)CCc1nc2cc(-c3c(C)noc3C)ccc2n1C[C@H](C)N1CCOCC1. The lowest BCUT2D eigenvalue weighted by Crippen LogP contribution is -2.44. The van der Waals surface area contributed by atoms with Crippen molar-refractivity contribution in [2.24, 2.45) is 0 Å². The minimum atomic E-state index is 0.348. The Morgan fingerprint density at radius 3 is 2.61 bits per heavy atom. The number of halogens is 1. The summed E-state index contributed by atoms with van der Waals surface area (Å²) < 4.78 is 18.6. The maximum atomic E-state index is 6.45. The fourth-order valence-corrected chi connectivity index (χ4v) is 5.32. The molecule has 0 saturated carbocycles. The molecule has 0 aliphatic carbocycles. The molecule has 2 aromatic heterocycles. The summed E-state index contributed by atoms with van der Waals surface area (Å²) in [5, 5.41) is 4.63. The molecular formula is C30H37ClN4O3. The first-order valence-corrected chi connectivity index (χ1v) is 13.4. The van der Waals surface area contributed by atoms with E-state index in [1.807, 2.05) is 26.0 Å². The van der Waals surface area contributed by atoms with Gasteiger partial charge in [-0.3, -0.25) is 4.90 Å². The third-order valence-corrected chi connectivity index (χ3v) is 7.41. The van der Waals surface area contributed by atoms with Crippen molar-refractivity contribution in [2.75, 3.05) is 33.4 Å². The van der Waals surface area contributed by atoms with Gasteiger partial charge in [0, 0.05) is 37.7 Å². The van der Waals surface area contributed by atoms with Crippen LogP contribution >= 0.6 is 11.6 Å². The summed E-state index contributed by atoms with van der Waals surface area (Å²) >= 11 is 6.45. The largest absolute Gasteiger partial charge is 0.495 e. The van der Waals surface area contributed by atoms with Crippen molar-refractivity contribution in [3.8, 4) is 11.1 Å². The van der Waals surface area contributed by atoms with Crippen LogP contribution in [0.2, 0.25) is 0 Å². The number of benzene rings is 1. The van der Waals surface area contributed by atoms with Crippen LogP contribution in [-0.4, -0.2) is 59.1 Å². The summed E-state index contributed by atoms with van der Waals surface area (Å²) in [5.41, 5.74) is 6.05. The zero-order valence-corrected chi connectivity index (χ0v) is 23.6. The van der Waals surface area contributed by atoms with Gasteiger partial charge in [-0.25, -0.2) is 4.98 Å². The van der Waals surface area contributed by atoms with Gasteiger partial charge in [-0.2, -0.15) is 0 Å². The molecule has 202 valence electrons. The van der Waals surface area contributed by atoms with Gasteiger partial charge in [-0.1, -0.05) is 42.1 Å². The lowest BCUT2D eigenvalue weighted by atomic mass is 10.0. The van der Waals surface area contributed by atoms with E-state index in [-0.39, 0.29) is 0 Å². The Morgan fingerprint density at radius 1 is 1.21 bits per heavy atom. The molecule has 4 rings (SSSR count). The van der Waals surface area contributed by atoms with Crippen LogP contribution < -0.4 is 0 Å². The molecule has 3 heterocycles. The number of imidazole rings is 1. The Hall–Kier alpha value is -3.13. The van der Waals surface area contributed by atoms with Gasteiger partial charge in [0.15, 0.2) is 0 Å². The molecule has 0 spiro atoms. The van der Waals surface area contributed by atoms with Gasteiger partial charge < -0.3 is 18.6 Å². The Morgan fingerprint density at radius 2 is 1.97 bits per heavy atom. The van der Waals surface area contributed by atoms with E-state index in [9.17, 15) is 0 Å². The molecule has 0 amide bonds. The number of fused-ring (bicyclic) bond motifs is 1. The monoisotopic (exact) mass is 536 g/mol. The van der Waals surface area contributed by atoms with Crippen LogP contribution in [0.1, 0.15) is 30.6 Å². The maximum absolute atomic E-state index is 6.45. The average molecular weight is 537 g/mol. The number of morpholine rings is 1. The van der Waals surface area contributed by atoms with E-state index in [1.54, 1.807) is 13.2 Å². The fraction of sp³-hybridized carbons (Fsp3) is 0.400. The molecule has 1 aromatic carbocycles. The smallest absolute Gasteiger partial charge is 0.141 e. The van der Waals surface area contributed by atoms with Crippen LogP contribution in [0.4, 0.5) is 0 Å². The minimum absolute atomic E-state index is 0.348. The predicted molar refractivity (Wildman–Crippen MR) is 153 cm³/mol. The van der Waals surface area contributed by atoms with E-state index >= 15 is 0 Å². The number of hydrogen-bond donors (Lipinski definition) is 0. The Labute approximate surface area is 230 Å².